The number of furan rings is 1. The molecule has 4 rings (SSSR count). The second-order valence-corrected chi connectivity index (χ2v) is 7.31. The van der Waals surface area contributed by atoms with Gasteiger partial charge in [0.2, 0.25) is 5.91 Å². The number of nitrogens with zero attached hydrogens (tertiary/aromatic N) is 1. The minimum atomic E-state index is -0.301. The molecule has 5 nitrogen and oxygen atoms in total. The van der Waals surface area contributed by atoms with Crippen molar-refractivity contribution in [3.8, 4) is 16.9 Å². The van der Waals surface area contributed by atoms with Gasteiger partial charge in [0.15, 0.2) is 5.15 Å². The average molecular weight is 433 g/mol. The third-order valence-corrected chi connectivity index (χ3v) is 5.15. The molecule has 0 spiro atoms. The molecule has 156 valence electrons. The molecule has 0 aliphatic heterocycles. The topological polar surface area (TPSA) is 64.4 Å². The quantitative estimate of drug-likeness (QED) is 0.276. The maximum atomic E-state index is 12.6. The molecule has 31 heavy (non-hydrogen) atoms. The zero-order valence-electron chi connectivity index (χ0n) is 17.2. The van der Waals surface area contributed by atoms with Crippen LogP contribution in [0.4, 0.5) is 5.69 Å². The van der Waals surface area contributed by atoms with Crippen LogP contribution in [0.5, 0.6) is 5.75 Å². The summed E-state index contributed by atoms with van der Waals surface area (Å²) in [5, 5.41) is 3.95. The number of hydrogen-bond donors (Lipinski definition) is 1. The zero-order chi connectivity index (χ0) is 21.8. The molecule has 6 heteroatoms. The van der Waals surface area contributed by atoms with Gasteiger partial charge >= 0.3 is 0 Å². The maximum Gasteiger partial charge on any atom is 0.248 e. The van der Waals surface area contributed by atoms with E-state index in [0.717, 1.165) is 33.2 Å². The molecular weight excluding hydrogens is 412 g/mol. The number of fused-ring (bicyclic) bond motifs is 1. The van der Waals surface area contributed by atoms with E-state index in [2.05, 4.69) is 10.3 Å². The highest BCUT2D eigenvalue weighted by Gasteiger charge is 2.15. The number of rotatable bonds is 6. The number of halogens is 1. The first-order chi connectivity index (χ1) is 15.1. The third-order valence-electron chi connectivity index (χ3n) is 4.85. The van der Waals surface area contributed by atoms with Gasteiger partial charge in [-0.3, -0.25) is 4.79 Å². The number of benzene rings is 2. The van der Waals surface area contributed by atoms with Crippen LogP contribution < -0.4 is 10.1 Å². The van der Waals surface area contributed by atoms with Gasteiger partial charge in [-0.15, -0.1) is 0 Å². The molecule has 0 atom stereocenters. The Bertz CT molecular complexity index is 1260. The Labute approximate surface area is 185 Å². The van der Waals surface area contributed by atoms with Crippen LogP contribution in [0.15, 0.2) is 77.6 Å². The number of amides is 1. The molecule has 0 fully saturated rings. The van der Waals surface area contributed by atoms with E-state index in [9.17, 15) is 4.79 Å². The number of aromatic nitrogens is 1. The van der Waals surface area contributed by atoms with Crippen molar-refractivity contribution in [2.75, 3.05) is 11.9 Å². The molecule has 1 amide bonds. The summed E-state index contributed by atoms with van der Waals surface area (Å²) in [7, 11) is 0. The van der Waals surface area contributed by atoms with Crippen molar-refractivity contribution in [2.24, 2.45) is 0 Å². The van der Waals surface area contributed by atoms with Gasteiger partial charge in [0.1, 0.15) is 11.3 Å². The van der Waals surface area contributed by atoms with Crippen molar-refractivity contribution < 1.29 is 13.9 Å². The average Bonchev–Trinajstić information content (AvgIpc) is 3.18. The molecule has 2 aromatic heterocycles. The minimum Gasteiger partial charge on any atom is -0.493 e. The van der Waals surface area contributed by atoms with Gasteiger partial charge in [-0.25, -0.2) is 4.98 Å². The Morgan fingerprint density at radius 1 is 1.19 bits per heavy atom. The van der Waals surface area contributed by atoms with Crippen LogP contribution in [-0.4, -0.2) is 17.5 Å². The molecule has 0 saturated heterocycles. The van der Waals surface area contributed by atoms with Gasteiger partial charge in [0, 0.05) is 34.9 Å². The van der Waals surface area contributed by atoms with Crippen LogP contribution >= 0.6 is 11.6 Å². The number of ether oxygens (including phenoxy) is 1. The number of allylic oxidation sites excluding steroid dienone is 1. The second-order valence-electron chi connectivity index (χ2n) is 6.95. The highest BCUT2D eigenvalue weighted by Crippen LogP contribution is 2.37. The molecule has 2 aromatic carbocycles. The second kappa shape index (κ2) is 9.06. The first-order valence-electron chi connectivity index (χ1n) is 9.90. The number of carbonyl (C=O) groups excluding carboxylic acids is 1. The van der Waals surface area contributed by atoms with Gasteiger partial charge < -0.3 is 14.5 Å². The minimum absolute atomic E-state index is 0.240. The van der Waals surface area contributed by atoms with Crippen molar-refractivity contribution >= 4 is 39.7 Å². The van der Waals surface area contributed by atoms with Crippen molar-refractivity contribution in [3.63, 3.8) is 0 Å². The Balaban J connectivity index is 1.73. The lowest BCUT2D eigenvalue weighted by Crippen LogP contribution is -2.09. The van der Waals surface area contributed by atoms with Crippen molar-refractivity contribution in [1.82, 2.24) is 4.98 Å². The van der Waals surface area contributed by atoms with Gasteiger partial charge in [-0.1, -0.05) is 41.9 Å². The summed E-state index contributed by atoms with van der Waals surface area (Å²) in [6.45, 7) is 4.29. The van der Waals surface area contributed by atoms with E-state index in [-0.39, 0.29) is 11.1 Å². The van der Waals surface area contributed by atoms with Gasteiger partial charge in [0.05, 0.1) is 18.6 Å². The van der Waals surface area contributed by atoms with E-state index >= 15 is 0 Å². The summed E-state index contributed by atoms with van der Waals surface area (Å²) >= 11 is 6.04. The fourth-order valence-corrected chi connectivity index (χ4v) is 3.57. The Morgan fingerprint density at radius 3 is 2.74 bits per heavy atom. The molecule has 0 aliphatic carbocycles. The predicted molar refractivity (Wildman–Crippen MR) is 124 cm³/mol. The van der Waals surface area contributed by atoms with Crippen molar-refractivity contribution in [3.05, 3.63) is 83.8 Å². The summed E-state index contributed by atoms with van der Waals surface area (Å²) in [5.41, 5.74) is 4.80. The Kier molecular flexibility index (Phi) is 6.05. The number of hydrogen-bond acceptors (Lipinski definition) is 4. The van der Waals surface area contributed by atoms with E-state index in [1.165, 1.54) is 6.08 Å². The summed E-state index contributed by atoms with van der Waals surface area (Å²) in [6, 6.07) is 17.3. The van der Waals surface area contributed by atoms with E-state index in [4.69, 9.17) is 20.8 Å². The summed E-state index contributed by atoms with van der Waals surface area (Å²) in [5.74, 6) is 0.357. The van der Waals surface area contributed by atoms with E-state index in [1.54, 1.807) is 24.6 Å². The van der Waals surface area contributed by atoms with Crippen LogP contribution in [0.2, 0.25) is 5.15 Å². The van der Waals surface area contributed by atoms with Crippen molar-refractivity contribution in [2.45, 2.75) is 13.8 Å². The SMILES string of the molecule is CCOc1cc2occ(-c3ccccc3)c2cc1/C(C)=C/C(=O)Nc1cccnc1Cl. The molecule has 0 radical (unpaired) electrons. The lowest BCUT2D eigenvalue weighted by atomic mass is 9.99. The standard InChI is InChI=1S/C25H21ClN2O3/c1-3-30-22-14-23-19(20(15-31-23)17-8-5-4-6-9-17)13-18(22)16(2)12-24(29)28-21-10-7-11-27-25(21)26/h4-15H,3H2,1-2H3,(H,28,29)/b16-12+. The number of nitrogens with one attached hydrogen (secondary N) is 1. The number of pyridine rings is 1. The lowest BCUT2D eigenvalue weighted by molar-refractivity contribution is -0.111. The monoisotopic (exact) mass is 432 g/mol. The summed E-state index contributed by atoms with van der Waals surface area (Å²) in [4.78, 5) is 16.6. The van der Waals surface area contributed by atoms with Gasteiger partial charge in [0.25, 0.3) is 0 Å². The normalized spacial score (nSPS) is 11.5. The van der Waals surface area contributed by atoms with Crippen LogP contribution in [0, 0.1) is 0 Å². The molecule has 0 bridgehead atoms. The fraction of sp³-hybridized carbons (Fsp3) is 0.120. The van der Waals surface area contributed by atoms with Crippen LogP contribution in [-0.2, 0) is 4.79 Å². The zero-order valence-corrected chi connectivity index (χ0v) is 17.9. The number of anilines is 1. The summed E-state index contributed by atoms with van der Waals surface area (Å²) in [6.07, 6.45) is 4.84. The molecule has 4 aromatic rings. The maximum absolute atomic E-state index is 12.6. The molecule has 0 unspecified atom stereocenters. The highest BCUT2D eigenvalue weighted by atomic mass is 35.5. The third kappa shape index (κ3) is 4.47. The van der Waals surface area contributed by atoms with Gasteiger partial charge in [-0.2, -0.15) is 0 Å². The van der Waals surface area contributed by atoms with E-state index in [1.807, 2.05) is 56.3 Å². The Morgan fingerprint density at radius 2 is 2.00 bits per heavy atom. The summed E-state index contributed by atoms with van der Waals surface area (Å²) < 4.78 is 11.6. The van der Waals surface area contributed by atoms with Crippen LogP contribution in [0.3, 0.4) is 0 Å². The van der Waals surface area contributed by atoms with Gasteiger partial charge in [-0.05, 0) is 43.2 Å². The molecular formula is C25H21ClN2O3. The van der Waals surface area contributed by atoms with E-state index < -0.39 is 0 Å². The molecule has 2 heterocycles. The number of carbonyl (C=O) groups is 1. The highest BCUT2D eigenvalue weighted by molar-refractivity contribution is 6.32. The molecule has 0 aliphatic rings. The fourth-order valence-electron chi connectivity index (χ4n) is 3.40. The molecule has 0 saturated carbocycles. The smallest absolute Gasteiger partial charge is 0.248 e. The molecule has 1 N–H and O–H groups in total. The first-order valence-corrected chi connectivity index (χ1v) is 10.3. The first kappa shape index (κ1) is 20.7. The van der Waals surface area contributed by atoms with Crippen molar-refractivity contribution in [1.29, 1.82) is 0 Å². The predicted octanol–water partition coefficient (Wildman–Crippen LogP) is 6.59. The largest absolute Gasteiger partial charge is 0.493 e. The Hall–Kier alpha value is -3.57. The van der Waals surface area contributed by atoms with Crippen LogP contribution in [0.25, 0.3) is 27.7 Å². The van der Waals surface area contributed by atoms with E-state index in [0.29, 0.717) is 18.0 Å². The lowest BCUT2D eigenvalue weighted by Gasteiger charge is -2.12. The van der Waals surface area contributed by atoms with Crippen LogP contribution in [0.1, 0.15) is 19.4 Å².